The number of hydrogen-bond donors (Lipinski definition) is 0. The summed E-state index contributed by atoms with van der Waals surface area (Å²) >= 11 is 5.74. The maximum absolute atomic E-state index is 11.5. The van der Waals surface area contributed by atoms with Gasteiger partial charge in [-0.3, -0.25) is 9.59 Å². The predicted molar refractivity (Wildman–Crippen MR) is 74.0 cm³/mol. The lowest BCUT2D eigenvalue weighted by molar-refractivity contribution is -0.146. The molecule has 1 rings (SSSR count). The van der Waals surface area contributed by atoms with Crippen molar-refractivity contribution in [2.45, 2.75) is 13.5 Å². The number of carbonyl (C=O) groups is 1. The van der Waals surface area contributed by atoms with Gasteiger partial charge in [0.05, 0.1) is 24.8 Å². The van der Waals surface area contributed by atoms with Crippen LogP contribution in [0.5, 0.6) is 0 Å². The van der Waals surface area contributed by atoms with Crippen molar-refractivity contribution in [1.82, 2.24) is 4.57 Å². The normalized spacial score (nSPS) is 10.5. The number of rotatable bonds is 9. The van der Waals surface area contributed by atoms with Gasteiger partial charge < -0.3 is 18.8 Å². The smallest absolute Gasteiger partial charge is 0.326 e. The van der Waals surface area contributed by atoms with E-state index in [1.54, 1.807) is 0 Å². The van der Waals surface area contributed by atoms with Crippen LogP contribution < -0.4 is 5.56 Å². The van der Waals surface area contributed by atoms with Crippen LogP contribution in [0.25, 0.3) is 0 Å². The zero-order valence-corrected chi connectivity index (χ0v) is 12.1. The number of hydrogen-bond acceptors (Lipinski definition) is 5. The maximum atomic E-state index is 11.5. The number of esters is 1. The van der Waals surface area contributed by atoms with Gasteiger partial charge in [-0.05, 0) is 13.0 Å². The highest BCUT2D eigenvalue weighted by Gasteiger charge is 2.06. The van der Waals surface area contributed by atoms with Gasteiger partial charge in [0.1, 0.15) is 13.2 Å². The molecule has 0 radical (unpaired) electrons. The summed E-state index contributed by atoms with van der Waals surface area (Å²) in [6.07, 6.45) is 1.39. The van der Waals surface area contributed by atoms with Crippen molar-refractivity contribution in [2.75, 3.05) is 33.0 Å². The van der Waals surface area contributed by atoms with E-state index in [9.17, 15) is 9.59 Å². The van der Waals surface area contributed by atoms with Gasteiger partial charge >= 0.3 is 5.97 Å². The molecule has 0 N–H and O–H groups in total. The summed E-state index contributed by atoms with van der Waals surface area (Å²) in [4.78, 5) is 22.9. The lowest BCUT2D eigenvalue weighted by atomic mass is 10.4. The Morgan fingerprint density at radius 3 is 2.65 bits per heavy atom. The monoisotopic (exact) mass is 303 g/mol. The summed E-state index contributed by atoms with van der Waals surface area (Å²) in [5.74, 6) is -0.511. The molecule has 0 aliphatic carbocycles. The fourth-order valence-corrected chi connectivity index (χ4v) is 1.57. The van der Waals surface area contributed by atoms with Crippen molar-refractivity contribution < 1.29 is 19.0 Å². The number of carbonyl (C=O) groups excluding carboxylic acids is 1. The minimum Gasteiger partial charge on any atom is -0.462 e. The molecule has 0 bridgehead atoms. The molecule has 0 spiro atoms. The summed E-state index contributed by atoms with van der Waals surface area (Å²) in [5.41, 5.74) is -0.306. The molecule has 1 aromatic heterocycles. The van der Waals surface area contributed by atoms with E-state index in [0.717, 1.165) is 0 Å². The van der Waals surface area contributed by atoms with Gasteiger partial charge in [-0.2, -0.15) is 0 Å². The molecule has 0 saturated heterocycles. The molecular weight excluding hydrogens is 286 g/mol. The van der Waals surface area contributed by atoms with E-state index in [1.165, 1.54) is 22.9 Å². The first-order chi connectivity index (χ1) is 9.63. The topological polar surface area (TPSA) is 66.8 Å². The van der Waals surface area contributed by atoms with Gasteiger partial charge in [0.2, 0.25) is 0 Å². The molecule has 0 amide bonds. The zero-order chi connectivity index (χ0) is 14.8. The molecule has 0 unspecified atom stereocenters. The molecule has 0 saturated carbocycles. The highest BCUT2D eigenvalue weighted by Crippen LogP contribution is 2.03. The second-order valence-electron chi connectivity index (χ2n) is 3.84. The molecule has 6 nitrogen and oxygen atoms in total. The molecule has 7 heteroatoms. The summed E-state index contributed by atoms with van der Waals surface area (Å²) in [6.45, 7) is 3.79. The lowest BCUT2D eigenvalue weighted by Crippen LogP contribution is -2.25. The van der Waals surface area contributed by atoms with E-state index < -0.39 is 5.97 Å². The minimum atomic E-state index is -0.511. The Morgan fingerprint density at radius 1 is 1.20 bits per heavy atom. The Balaban J connectivity index is 2.20. The Morgan fingerprint density at radius 2 is 1.90 bits per heavy atom. The SMILES string of the molecule is CCOCCOCCOC(=O)Cn1cc(Cl)ccc1=O. The molecule has 0 fully saturated rings. The van der Waals surface area contributed by atoms with E-state index in [1.807, 2.05) is 6.92 Å². The van der Waals surface area contributed by atoms with Crippen LogP contribution in [0.4, 0.5) is 0 Å². The van der Waals surface area contributed by atoms with Crippen LogP contribution in [0.15, 0.2) is 23.1 Å². The van der Waals surface area contributed by atoms with Crippen LogP contribution in [-0.4, -0.2) is 43.6 Å². The third-order valence-corrected chi connectivity index (χ3v) is 2.54. The van der Waals surface area contributed by atoms with Gasteiger partial charge in [-0.25, -0.2) is 0 Å². The van der Waals surface area contributed by atoms with Gasteiger partial charge in [0, 0.05) is 18.9 Å². The molecule has 0 atom stereocenters. The van der Waals surface area contributed by atoms with Gasteiger partial charge in [0.15, 0.2) is 0 Å². The zero-order valence-electron chi connectivity index (χ0n) is 11.3. The Labute approximate surface area is 122 Å². The quantitative estimate of drug-likeness (QED) is 0.505. The first kappa shape index (κ1) is 16.7. The molecule has 1 aromatic rings. The van der Waals surface area contributed by atoms with Crippen molar-refractivity contribution in [3.8, 4) is 0 Å². The maximum Gasteiger partial charge on any atom is 0.326 e. The van der Waals surface area contributed by atoms with Crippen LogP contribution in [-0.2, 0) is 25.5 Å². The minimum absolute atomic E-state index is 0.139. The van der Waals surface area contributed by atoms with Crippen LogP contribution in [0.3, 0.4) is 0 Å². The molecule has 20 heavy (non-hydrogen) atoms. The van der Waals surface area contributed by atoms with Crippen LogP contribution in [0.2, 0.25) is 5.02 Å². The van der Waals surface area contributed by atoms with E-state index in [0.29, 0.717) is 31.5 Å². The second-order valence-corrected chi connectivity index (χ2v) is 4.28. The first-order valence-corrected chi connectivity index (χ1v) is 6.68. The average Bonchev–Trinajstić information content (AvgIpc) is 2.42. The number of pyridine rings is 1. The summed E-state index contributed by atoms with van der Waals surface area (Å²) in [5, 5.41) is 0.386. The largest absolute Gasteiger partial charge is 0.462 e. The highest BCUT2D eigenvalue weighted by atomic mass is 35.5. The van der Waals surface area contributed by atoms with Crippen molar-refractivity contribution >= 4 is 17.6 Å². The molecular formula is C13H18ClNO5. The van der Waals surface area contributed by atoms with Crippen molar-refractivity contribution in [1.29, 1.82) is 0 Å². The van der Waals surface area contributed by atoms with Crippen LogP contribution in [0, 0.1) is 0 Å². The second kappa shape index (κ2) is 9.52. The van der Waals surface area contributed by atoms with E-state index >= 15 is 0 Å². The van der Waals surface area contributed by atoms with E-state index in [4.69, 9.17) is 25.8 Å². The lowest BCUT2D eigenvalue weighted by Gasteiger charge is -2.07. The Kier molecular flexibility index (Phi) is 7.94. The summed E-state index contributed by atoms with van der Waals surface area (Å²) in [6, 6.07) is 2.77. The van der Waals surface area contributed by atoms with Gasteiger partial charge in [0.25, 0.3) is 5.56 Å². The van der Waals surface area contributed by atoms with Crippen LogP contribution >= 0.6 is 11.6 Å². The Bertz CT molecular complexity index is 474. The van der Waals surface area contributed by atoms with Crippen molar-refractivity contribution in [3.63, 3.8) is 0 Å². The van der Waals surface area contributed by atoms with E-state index in [-0.39, 0.29) is 18.7 Å². The van der Waals surface area contributed by atoms with Gasteiger partial charge in [-0.15, -0.1) is 0 Å². The van der Waals surface area contributed by atoms with Crippen molar-refractivity contribution in [2.24, 2.45) is 0 Å². The fraction of sp³-hybridized carbons (Fsp3) is 0.538. The predicted octanol–water partition coefficient (Wildman–Crippen LogP) is 1.10. The molecule has 0 aliphatic rings. The Hall–Kier alpha value is -1.37. The third-order valence-electron chi connectivity index (χ3n) is 2.31. The van der Waals surface area contributed by atoms with Gasteiger partial charge in [-0.1, -0.05) is 11.6 Å². The number of halogens is 1. The fourth-order valence-electron chi connectivity index (χ4n) is 1.39. The average molecular weight is 304 g/mol. The summed E-state index contributed by atoms with van der Waals surface area (Å²) in [7, 11) is 0. The third kappa shape index (κ3) is 6.70. The highest BCUT2D eigenvalue weighted by molar-refractivity contribution is 6.30. The summed E-state index contributed by atoms with van der Waals surface area (Å²) < 4.78 is 16.4. The molecule has 0 aromatic carbocycles. The van der Waals surface area contributed by atoms with Crippen LogP contribution in [0.1, 0.15) is 6.92 Å². The molecule has 0 aliphatic heterocycles. The molecule has 1 heterocycles. The van der Waals surface area contributed by atoms with E-state index in [2.05, 4.69) is 0 Å². The number of nitrogens with zero attached hydrogens (tertiary/aromatic N) is 1. The standard InChI is InChI=1S/C13H18ClNO5/c1-2-18-5-6-19-7-8-20-13(17)10-15-9-11(14)3-4-12(15)16/h3-4,9H,2,5-8,10H2,1H3. The number of aromatic nitrogens is 1. The van der Waals surface area contributed by atoms with Crippen molar-refractivity contribution in [3.05, 3.63) is 33.7 Å². The molecule has 112 valence electrons. The first-order valence-electron chi connectivity index (χ1n) is 6.30. The number of ether oxygens (including phenoxy) is 3.